The van der Waals surface area contributed by atoms with Gasteiger partial charge in [0.2, 0.25) is 0 Å². The fourth-order valence-corrected chi connectivity index (χ4v) is 3.03. The van der Waals surface area contributed by atoms with E-state index in [-0.39, 0.29) is 17.2 Å². The first-order chi connectivity index (χ1) is 6.63. The molecule has 0 aliphatic carbocycles. The van der Waals surface area contributed by atoms with E-state index in [9.17, 15) is 0 Å². The summed E-state index contributed by atoms with van der Waals surface area (Å²) >= 11 is 0. The Morgan fingerprint density at radius 2 is 1.80 bits per heavy atom. The molecular formula is C11H26N2OSi. The molecule has 1 heterocycles. The highest BCUT2D eigenvalue weighted by Gasteiger charge is 2.42. The van der Waals surface area contributed by atoms with Crippen LogP contribution in [0.5, 0.6) is 0 Å². The molecule has 0 aromatic carbocycles. The first-order valence-electron chi connectivity index (χ1n) is 5.75. The van der Waals surface area contributed by atoms with Gasteiger partial charge in [-0.25, -0.2) is 0 Å². The lowest BCUT2D eigenvalue weighted by Gasteiger charge is -2.39. The molecule has 0 unspecified atom stereocenters. The second kappa shape index (κ2) is 4.16. The average Bonchev–Trinajstić information content (AvgIpc) is 2.26. The average molecular weight is 230 g/mol. The van der Waals surface area contributed by atoms with Gasteiger partial charge in [-0.05, 0) is 25.2 Å². The van der Waals surface area contributed by atoms with E-state index >= 15 is 0 Å². The summed E-state index contributed by atoms with van der Waals surface area (Å²) < 4.78 is 6.32. The van der Waals surface area contributed by atoms with Gasteiger partial charge >= 0.3 is 0 Å². The quantitative estimate of drug-likeness (QED) is 0.733. The Balaban J connectivity index is 2.62. The summed E-state index contributed by atoms with van der Waals surface area (Å²) in [5.41, 5.74) is 6.08. The summed E-state index contributed by atoms with van der Waals surface area (Å²) in [6.07, 6.45) is 0.232. The van der Waals surface area contributed by atoms with Crippen LogP contribution in [0, 0.1) is 0 Å². The summed E-state index contributed by atoms with van der Waals surface area (Å²) in [7, 11) is 0.458. The second-order valence-corrected chi connectivity index (χ2v) is 11.1. The van der Waals surface area contributed by atoms with Gasteiger partial charge in [0.25, 0.3) is 0 Å². The molecule has 3 nitrogen and oxygen atoms in total. The molecule has 2 N–H and O–H groups in total. The number of nitrogens with zero attached hydrogens (tertiary/aromatic N) is 1. The summed E-state index contributed by atoms with van der Waals surface area (Å²) in [6.45, 7) is 13.3. The molecule has 15 heavy (non-hydrogen) atoms. The SMILES string of the molecule is CN1C[C@@H](N)[C@@H](O[Si](C)(C)C(C)(C)C)C1. The fraction of sp³-hybridized carbons (Fsp3) is 1.00. The highest BCUT2D eigenvalue weighted by molar-refractivity contribution is 6.74. The van der Waals surface area contributed by atoms with Crippen LogP contribution in [0.1, 0.15) is 20.8 Å². The van der Waals surface area contributed by atoms with Gasteiger partial charge in [-0.3, -0.25) is 0 Å². The van der Waals surface area contributed by atoms with Crippen molar-refractivity contribution in [3.8, 4) is 0 Å². The number of hydrogen-bond donors (Lipinski definition) is 1. The van der Waals surface area contributed by atoms with Crippen LogP contribution in [-0.2, 0) is 4.43 Å². The maximum absolute atomic E-state index is 6.32. The molecule has 0 aromatic heterocycles. The Morgan fingerprint density at radius 3 is 2.13 bits per heavy atom. The van der Waals surface area contributed by atoms with Crippen LogP contribution in [0.3, 0.4) is 0 Å². The predicted molar refractivity (Wildman–Crippen MR) is 67.5 cm³/mol. The van der Waals surface area contributed by atoms with Crippen LogP contribution in [0.2, 0.25) is 18.1 Å². The second-order valence-electron chi connectivity index (χ2n) is 6.30. The number of hydrogen-bond acceptors (Lipinski definition) is 3. The lowest BCUT2D eigenvalue weighted by atomic mass is 10.2. The van der Waals surface area contributed by atoms with Crippen LogP contribution < -0.4 is 5.73 Å². The largest absolute Gasteiger partial charge is 0.411 e. The first kappa shape index (κ1) is 13.2. The van der Waals surface area contributed by atoms with Gasteiger partial charge in [0.1, 0.15) is 0 Å². The summed E-state index contributed by atoms with van der Waals surface area (Å²) in [6, 6.07) is 0.184. The molecule has 90 valence electrons. The third kappa shape index (κ3) is 3.03. The van der Waals surface area contributed by atoms with Crippen molar-refractivity contribution in [2.45, 2.75) is 51.0 Å². The van der Waals surface area contributed by atoms with Gasteiger partial charge in [0.15, 0.2) is 8.32 Å². The number of likely N-dealkylation sites (N-methyl/N-ethyl adjacent to an activating group) is 1. The maximum atomic E-state index is 6.32. The summed E-state index contributed by atoms with van der Waals surface area (Å²) in [4.78, 5) is 2.25. The minimum Gasteiger partial charge on any atom is -0.411 e. The van der Waals surface area contributed by atoms with Gasteiger partial charge in [-0.15, -0.1) is 0 Å². The van der Waals surface area contributed by atoms with E-state index in [0.29, 0.717) is 0 Å². The minimum atomic E-state index is -1.65. The summed E-state index contributed by atoms with van der Waals surface area (Å²) in [5, 5.41) is 0.272. The van der Waals surface area contributed by atoms with Crippen molar-refractivity contribution in [2.75, 3.05) is 20.1 Å². The van der Waals surface area contributed by atoms with Crippen LogP contribution in [0.15, 0.2) is 0 Å². The highest BCUT2D eigenvalue weighted by Crippen LogP contribution is 2.38. The summed E-state index contributed by atoms with van der Waals surface area (Å²) in [5.74, 6) is 0. The van der Waals surface area contributed by atoms with Crippen molar-refractivity contribution in [1.82, 2.24) is 4.90 Å². The molecule has 0 radical (unpaired) electrons. The van der Waals surface area contributed by atoms with Crippen molar-refractivity contribution in [1.29, 1.82) is 0 Å². The van der Waals surface area contributed by atoms with Gasteiger partial charge in [-0.1, -0.05) is 20.8 Å². The van der Waals surface area contributed by atoms with E-state index in [1.807, 2.05) is 0 Å². The topological polar surface area (TPSA) is 38.5 Å². The third-order valence-corrected chi connectivity index (χ3v) is 8.25. The van der Waals surface area contributed by atoms with Gasteiger partial charge in [-0.2, -0.15) is 0 Å². The van der Waals surface area contributed by atoms with Crippen molar-refractivity contribution in [3.63, 3.8) is 0 Å². The minimum absolute atomic E-state index is 0.184. The normalized spacial score (nSPS) is 29.8. The van der Waals surface area contributed by atoms with E-state index in [1.165, 1.54) is 0 Å². The molecule has 0 amide bonds. The first-order valence-corrected chi connectivity index (χ1v) is 8.66. The molecule has 0 bridgehead atoms. The number of rotatable bonds is 2. The Kier molecular flexibility index (Phi) is 3.65. The third-order valence-electron chi connectivity index (χ3n) is 3.74. The Bertz CT molecular complexity index is 225. The molecule has 1 saturated heterocycles. The van der Waals surface area contributed by atoms with E-state index in [2.05, 4.69) is 45.8 Å². The van der Waals surface area contributed by atoms with Gasteiger partial charge in [0, 0.05) is 19.1 Å². The molecular weight excluding hydrogens is 204 g/mol. The molecule has 0 saturated carbocycles. The molecule has 1 rings (SSSR count). The van der Waals surface area contributed by atoms with Crippen LogP contribution in [0.25, 0.3) is 0 Å². The zero-order valence-electron chi connectivity index (χ0n) is 11.0. The molecule has 1 aliphatic rings. The predicted octanol–water partition coefficient (Wildman–Crippen LogP) is 1.65. The van der Waals surface area contributed by atoms with Gasteiger partial charge < -0.3 is 15.1 Å². The highest BCUT2D eigenvalue weighted by atomic mass is 28.4. The number of likely N-dealkylation sites (tertiary alicyclic amines) is 1. The zero-order chi connectivity index (χ0) is 11.9. The van der Waals surface area contributed by atoms with Crippen molar-refractivity contribution < 1.29 is 4.43 Å². The van der Waals surface area contributed by atoms with E-state index < -0.39 is 8.32 Å². The van der Waals surface area contributed by atoms with E-state index in [0.717, 1.165) is 13.1 Å². The van der Waals surface area contributed by atoms with Crippen LogP contribution in [-0.4, -0.2) is 45.5 Å². The van der Waals surface area contributed by atoms with Crippen molar-refractivity contribution in [2.24, 2.45) is 5.73 Å². The maximum Gasteiger partial charge on any atom is 0.192 e. The molecule has 0 spiro atoms. The van der Waals surface area contributed by atoms with Crippen molar-refractivity contribution in [3.05, 3.63) is 0 Å². The lowest BCUT2D eigenvalue weighted by Crippen LogP contribution is -2.48. The smallest absolute Gasteiger partial charge is 0.192 e. The Hall–Kier alpha value is 0.0969. The zero-order valence-corrected chi connectivity index (χ0v) is 12.0. The van der Waals surface area contributed by atoms with Crippen LogP contribution >= 0.6 is 0 Å². The van der Waals surface area contributed by atoms with E-state index in [4.69, 9.17) is 10.2 Å². The van der Waals surface area contributed by atoms with Crippen LogP contribution in [0.4, 0.5) is 0 Å². The van der Waals surface area contributed by atoms with Crippen molar-refractivity contribution >= 4 is 8.32 Å². The Morgan fingerprint density at radius 1 is 1.27 bits per heavy atom. The molecule has 1 aliphatic heterocycles. The molecule has 1 fully saturated rings. The molecule has 4 heteroatoms. The Labute approximate surface area is 95.1 Å². The van der Waals surface area contributed by atoms with Gasteiger partial charge in [0.05, 0.1) is 6.10 Å². The number of nitrogens with two attached hydrogens (primary N) is 1. The van der Waals surface area contributed by atoms with E-state index in [1.54, 1.807) is 0 Å². The fourth-order valence-electron chi connectivity index (χ4n) is 1.67. The standard InChI is InChI=1S/C11H26N2OSi/c1-11(2,3)15(5,6)14-10-8-13(4)7-9(10)12/h9-10H,7-8,12H2,1-6H3/t9-,10+/m1/s1. The monoisotopic (exact) mass is 230 g/mol. The molecule has 0 aromatic rings. The molecule has 2 atom stereocenters. The lowest BCUT2D eigenvalue weighted by molar-refractivity contribution is 0.175.